The highest BCUT2D eigenvalue weighted by Gasteiger charge is 2.23. The molecular formula is C23H24O4S. The van der Waals surface area contributed by atoms with Crippen molar-refractivity contribution in [3.05, 3.63) is 94.5 Å². The van der Waals surface area contributed by atoms with E-state index in [4.69, 9.17) is 0 Å². The van der Waals surface area contributed by atoms with Gasteiger partial charge in [0.1, 0.15) is 10.6 Å². The molecule has 3 aromatic rings. The maximum absolute atomic E-state index is 11.6. The van der Waals surface area contributed by atoms with Crippen LogP contribution in [0.5, 0.6) is 5.75 Å². The molecule has 0 saturated carbocycles. The molecule has 146 valence electrons. The molecule has 0 saturated heterocycles. The number of rotatable bonds is 5. The van der Waals surface area contributed by atoms with Crippen molar-refractivity contribution in [1.29, 1.82) is 0 Å². The van der Waals surface area contributed by atoms with E-state index in [2.05, 4.69) is 31.2 Å². The fourth-order valence-corrected chi connectivity index (χ4v) is 4.51. The van der Waals surface area contributed by atoms with E-state index >= 15 is 0 Å². The quantitative estimate of drug-likeness (QED) is 0.578. The highest BCUT2D eigenvalue weighted by molar-refractivity contribution is 7.86. The standard InChI is InChI=1S/C23H24O4S/c1-15(18-7-5-4-6-8-18)19-9-11-20(12-10-19)16(2)21-13-14-22(24)23(17(21)3)28(25,26)27/h4-16,24H,1-3H3,(H,25,26,27). The molecule has 0 amide bonds. The average molecular weight is 397 g/mol. The summed E-state index contributed by atoms with van der Waals surface area (Å²) in [5.74, 6) is -0.266. The van der Waals surface area contributed by atoms with Crippen molar-refractivity contribution < 1.29 is 18.1 Å². The van der Waals surface area contributed by atoms with Crippen LogP contribution in [-0.4, -0.2) is 18.1 Å². The number of phenolic OH excluding ortho intramolecular Hbond substituents is 1. The van der Waals surface area contributed by atoms with E-state index in [1.165, 1.54) is 17.2 Å². The van der Waals surface area contributed by atoms with Gasteiger partial charge in [-0.1, -0.05) is 74.5 Å². The van der Waals surface area contributed by atoms with Crippen LogP contribution in [0.2, 0.25) is 0 Å². The summed E-state index contributed by atoms with van der Waals surface area (Å²) in [4.78, 5) is -0.425. The van der Waals surface area contributed by atoms with Crippen molar-refractivity contribution in [3.63, 3.8) is 0 Å². The minimum atomic E-state index is -4.50. The third kappa shape index (κ3) is 3.96. The summed E-state index contributed by atoms with van der Waals surface area (Å²) in [5, 5.41) is 9.87. The molecule has 3 aromatic carbocycles. The van der Waals surface area contributed by atoms with Gasteiger partial charge in [-0.2, -0.15) is 8.42 Å². The van der Waals surface area contributed by atoms with Crippen molar-refractivity contribution in [2.75, 3.05) is 0 Å². The Morgan fingerprint density at radius 3 is 1.79 bits per heavy atom. The van der Waals surface area contributed by atoms with Gasteiger partial charge in [0, 0.05) is 11.8 Å². The van der Waals surface area contributed by atoms with Gasteiger partial charge in [-0.3, -0.25) is 4.55 Å². The van der Waals surface area contributed by atoms with E-state index in [1.54, 1.807) is 13.0 Å². The SMILES string of the molecule is Cc1c(C(C)c2ccc(C(C)c3ccccc3)cc2)ccc(O)c1S(=O)(=O)O. The Balaban J connectivity index is 1.93. The van der Waals surface area contributed by atoms with Gasteiger partial charge in [-0.25, -0.2) is 0 Å². The fraction of sp³-hybridized carbons (Fsp3) is 0.217. The van der Waals surface area contributed by atoms with Gasteiger partial charge in [0.05, 0.1) is 0 Å². The molecule has 0 radical (unpaired) electrons. The Labute approximate surface area is 166 Å². The average Bonchev–Trinajstić information content (AvgIpc) is 2.67. The smallest absolute Gasteiger partial charge is 0.298 e. The van der Waals surface area contributed by atoms with Gasteiger partial charge < -0.3 is 5.11 Å². The van der Waals surface area contributed by atoms with Gasteiger partial charge >= 0.3 is 0 Å². The molecule has 0 aliphatic carbocycles. The van der Waals surface area contributed by atoms with Gasteiger partial charge in [0.2, 0.25) is 0 Å². The molecule has 0 bridgehead atoms. The van der Waals surface area contributed by atoms with Crippen LogP contribution < -0.4 is 0 Å². The van der Waals surface area contributed by atoms with E-state index in [9.17, 15) is 18.1 Å². The second-order valence-corrected chi connectivity index (χ2v) is 8.48. The highest BCUT2D eigenvalue weighted by atomic mass is 32.2. The number of benzene rings is 3. The molecule has 0 spiro atoms. The van der Waals surface area contributed by atoms with Crippen molar-refractivity contribution in [2.45, 2.75) is 37.5 Å². The van der Waals surface area contributed by atoms with Crippen LogP contribution in [0.15, 0.2) is 71.6 Å². The lowest BCUT2D eigenvalue weighted by atomic mass is 9.87. The topological polar surface area (TPSA) is 74.6 Å². The molecule has 28 heavy (non-hydrogen) atoms. The van der Waals surface area contributed by atoms with E-state index in [0.717, 1.165) is 11.1 Å². The van der Waals surface area contributed by atoms with Gasteiger partial charge in [-0.05, 0) is 40.8 Å². The minimum absolute atomic E-state index is 0.0952. The van der Waals surface area contributed by atoms with E-state index < -0.39 is 20.8 Å². The van der Waals surface area contributed by atoms with E-state index in [-0.39, 0.29) is 11.8 Å². The fourth-order valence-electron chi connectivity index (χ4n) is 3.67. The highest BCUT2D eigenvalue weighted by Crippen LogP contribution is 2.35. The van der Waals surface area contributed by atoms with Crippen LogP contribution in [0.3, 0.4) is 0 Å². The van der Waals surface area contributed by atoms with Crippen LogP contribution in [0, 0.1) is 6.92 Å². The third-order valence-electron chi connectivity index (χ3n) is 5.39. The largest absolute Gasteiger partial charge is 0.506 e. The lowest BCUT2D eigenvalue weighted by Gasteiger charge is -2.19. The molecule has 2 atom stereocenters. The Kier molecular flexibility index (Phi) is 5.59. The summed E-state index contributed by atoms with van der Waals surface area (Å²) in [7, 11) is -4.50. The molecule has 0 fully saturated rings. The molecular weight excluding hydrogens is 372 g/mol. The zero-order valence-electron chi connectivity index (χ0n) is 16.1. The lowest BCUT2D eigenvalue weighted by molar-refractivity contribution is 0.441. The molecule has 2 N–H and O–H groups in total. The lowest BCUT2D eigenvalue weighted by Crippen LogP contribution is -2.07. The Morgan fingerprint density at radius 2 is 1.25 bits per heavy atom. The Hall–Kier alpha value is -2.63. The predicted molar refractivity (Wildman–Crippen MR) is 111 cm³/mol. The number of hydrogen-bond acceptors (Lipinski definition) is 3. The van der Waals surface area contributed by atoms with Crippen molar-refractivity contribution in [3.8, 4) is 5.75 Å². The van der Waals surface area contributed by atoms with Crippen molar-refractivity contribution in [1.82, 2.24) is 0 Å². The first-order chi connectivity index (χ1) is 13.2. The third-order valence-corrected chi connectivity index (χ3v) is 6.42. The first-order valence-corrected chi connectivity index (χ1v) is 10.6. The van der Waals surface area contributed by atoms with Crippen LogP contribution in [-0.2, 0) is 10.1 Å². The van der Waals surface area contributed by atoms with Crippen LogP contribution in [0.25, 0.3) is 0 Å². The van der Waals surface area contributed by atoms with Crippen molar-refractivity contribution >= 4 is 10.1 Å². The van der Waals surface area contributed by atoms with Crippen molar-refractivity contribution in [2.24, 2.45) is 0 Å². The van der Waals surface area contributed by atoms with Crippen LogP contribution >= 0.6 is 0 Å². The van der Waals surface area contributed by atoms with E-state index in [1.807, 2.05) is 37.3 Å². The monoisotopic (exact) mass is 396 g/mol. The molecule has 0 aliphatic heterocycles. The summed E-state index contributed by atoms with van der Waals surface area (Å²) in [5.41, 5.74) is 4.57. The first-order valence-electron chi connectivity index (χ1n) is 9.15. The van der Waals surface area contributed by atoms with Gasteiger partial charge in [0.25, 0.3) is 10.1 Å². The summed E-state index contributed by atoms with van der Waals surface area (Å²) in [6, 6.07) is 21.5. The molecule has 4 nitrogen and oxygen atoms in total. The summed E-state index contributed by atoms with van der Waals surface area (Å²) < 4.78 is 32.7. The number of hydrogen-bond donors (Lipinski definition) is 2. The molecule has 0 aliphatic rings. The predicted octanol–water partition coefficient (Wildman–Crippen LogP) is 5.25. The zero-order chi connectivity index (χ0) is 20.5. The molecule has 3 rings (SSSR count). The zero-order valence-corrected chi connectivity index (χ0v) is 16.9. The van der Waals surface area contributed by atoms with Crippen LogP contribution in [0.4, 0.5) is 0 Å². The summed E-state index contributed by atoms with van der Waals surface area (Å²) in [6.45, 7) is 5.74. The first kappa shape index (κ1) is 20.1. The Morgan fingerprint density at radius 1 is 0.750 bits per heavy atom. The maximum Gasteiger partial charge on any atom is 0.298 e. The maximum atomic E-state index is 11.6. The molecule has 2 unspecified atom stereocenters. The Bertz CT molecular complexity index is 1070. The number of phenols is 1. The summed E-state index contributed by atoms with van der Waals surface area (Å²) >= 11 is 0. The second-order valence-electron chi connectivity index (χ2n) is 7.12. The normalized spacial score (nSPS) is 13.9. The molecule has 0 heterocycles. The summed E-state index contributed by atoms with van der Waals surface area (Å²) in [6.07, 6.45) is 0. The van der Waals surface area contributed by atoms with Gasteiger partial charge in [-0.15, -0.1) is 0 Å². The van der Waals surface area contributed by atoms with Gasteiger partial charge in [0.15, 0.2) is 0 Å². The second kappa shape index (κ2) is 7.78. The molecule has 0 aromatic heterocycles. The minimum Gasteiger partial charge on any atom is -0.506 e. The number of aromatic hydroxyl groups is 1. The van der Waals surface area contributed by atoms with Crippen LogP contribution in [0.1, 0.15) is 53.5 Å². The molecule has 5 heteroatoms. The van der Waals surface area contributed by atoms with E-state index in [0.29, 0.717) is 5.56 Å².